The van der Waals surface area contributed by atoms with Crippen molar-refractivity contribution in [2.24, 2.45) is 5.16 Å². The summed E-state index contributed by atoms with van der Waals surface area (Å²) in [6.45, 7) is 2.92. The van der Waals surface area contributed by atoms with Gasteiger partial charge in [-0.05, 0) is 25.9 Å². The smallest absolute Gasteiger partial charge is 0.175 e. The van der Waals surface area contributed by atoms with Crippen LogP contribution in [0.25, 0.3) is 0 Å². The van der Waals surface area contributed by atoms with Gasteiger partial charge in [0.1, 0.15) is 12.7 Å². The number of aliphatic hydroxyl groups is 1. The molecule has 110 valence electrons. The summed E-state index contributed by atoms with van der Waals surface area (Å²) in [6.07, 6.45) is 3.19. The lowest BCUT2D eigenvalue weighted by Crippen LogP contribution is -2.38. The minimum atomic E-state index is -0.530. The number of nitrogens with zero attached hydrogens (tertiary/aromatic N) is 2. The van der Waals surface area contributed by atoms with Crippen molar-refractivity contribution in [2.75, 3.05) is 26.2 Å². The van der Waals surface area contributed by atoms with E-state index in [4.69, 9.17) is 16.4 Å². The lowest BCUT2D eigenvalue weighted by Gasteiger charge is -2.27. The number of piperidine rings is 1. The summed E-state index contributed by atoms with van der Waals surface area (Å²) in [7, 11) is 0. The summed E-state index contributed by atoms with van der Waals surface area (Å²) in [5.74, 6) is 0. The Hall–Kier alpha value is -1.10. The summed E-state index contributed by atoms with van der Waals surface area (Å²) in [4.78, 5) is 7.40. The molecular formula is C15H21ClN2O2. The van der Waals surface area contributed by atoms with Crippen LogP contribution in [0.3, 0.4) is 0 Å². The van der Waals surface area contributed by atoms with E-state index < -0.39 is 6.10 Å². The SMILES string of the molecule is OC(CO/N=C(\Cl)c1ccccc1)CN1CCCCC1. The summed E-state index contributed by atoms with van der Waals surface area (Å²) >= 11 is 6.01. The molecule has 20 heavy (non-hydrogen) atoms. The van der Waals surface area contributed by atoms with Gasteiger partial charge in [0.15, 0.2) is 5.17 Å². The van der Waals surface area contributed by atoms with Crippen molar-refractivity contribution in [3.63, 3.8) is 0 Å². The maximum Gasteiger partial charge on any atom is 0.175 e. The average Bonchev–Trinajstić information content (AvgIpc) is 2.49. The fourth-order valence-corrected chi connectivity index (χ4v) is 2.48. The maximum atomic E-state index is 9.91. The second-order valence-electron chi connectivity index (χ2n) is 5.06. The van der Waals surface area contributed by atoms with E-state index in [0.717, 1.165) is 18.7 Å². The minimum Gasteiger partial charge on any atom is -0.392 e. The molecule has 1 heterocycles. The number of likely N-dealkylation sites (tertiary alicyclic amines) is 1. The van der Waals surface area contributed by atoms with Crippen LogP contribution < -0.4 is 0 Å². The standard InChI is InChI=1S/C15H21ClN2O2/c16-15(13-7-3-1-4-8-13)17-20-12-14(19)11-18-9-5-2-6-10-18/h1,3-4,7-8,14,19H,2,5-6,9-12H2/b17-15-. The zero-order valence-corrected chi connectivity index (χ0v) is 12.3. The Labute approximate surface area is 125 Å². The van der Waals surface area contributed by atoms with Gasteiger partial charge in [0.05, 0.1) is 0 Å². The molecule has 1 atom stereocenters. The van der Waals surface area contributed by atoms with Gasteiger partial charge in [-0.15, -0.1) is 0 Å². The van der Waals surface area contributed by atoms with Gasteiger partial charge in [-0.1, -0.05) is 53.5 Å². The molecule has 0 saturated carbocycles. The molecule has 1 N–H and O–H groups in total. The molecule has 2 rings (SSSR count). The highest BCUT2D eigenvalue weighted by Crippen LogP contribution is 2.09. The van der Waals surface area contributed by atoms with Gasteiger partial charge in [-0.3, -0.25) is 0 Å². The maximum absolute atomic E-state index is 9.91. The fourth-order valence-electron chi connectivity index (χ4n) is 2.30. The largest absolute Gasteiger partial charge is 0.392 e. The molecule has 0 aliphatic carbocycles. The van der Waals surface area contributed by atoms with Crippen LogP contribution in [-0.2, 0) is 4.84 Å². The summed E-state index contributed by atoms with van der Waals surface area (Å²) in [6, 6.07) is 9.41. The van der Waals surface area contributed by atoms with Crippen molar-refractivity contribution in [2.45, 2.75) is 25.4 Å². The minimum absolute atomic E-state index is 0.166. The molecule has 5 heteroatoms. The van der Waals surface area contributed by atoms with Gasteiger partial charge in [-0.25, -0.2) is 0 Å². The van der Waals surface area contributed by atoms with Crippen LogP contribution in [0.2, 0.25) is 0 Å². The topological polar surface area (TPSA) is 45.1 Å². The van der Waals surface area contributed by atoms with E-state index in [0.29, 0.717) is 11.7 Å². The van der Waals surface area contributed by atoms with Crippen molar-refractivity contribution in [1.82, 2.24) is 4.90 Å². The van der Waals surface area contributed by atoms with E-state index in [1.54, 1.807) is 0 Å². The number of hydrogen-bond donors (Lipinski definition) is 1. The molecule has 0 bridgehead atoms. The van der Waals surface area contributed by atoms with Gasteiger partial charge in [0.2, 0.25) is 0 Å². The molecule has 1 saturated heterocycles. The summed E-state index contributed by atoms with van der Waals surface area (Å²) in [5, 5.41) is 14.0. The first-order chi connectivity index (χ1) is 9.75. The second-order valence-corrected chi connectivity index (χ2v) is 5.42. The predicted molar refractivity (Wildman–Crippen MR) is 81.1 cm³/mol. The zero-order valence-electron chi connectivity index (χ0n) is 11.5. The Balaban J connectivity index is 1.71. The predicted octanol–water partition coefficient (Wildman–Crippen LogP) is 2.45. The monoisotopic (exact) mass is 296 g/mol. The van der Waals surface area contributed by atoms with Crippen LogP contribution in [-0.4, -0.2) is 47.5 Å². The lowest BCUT2D eigenvalue weighted by atomic mass is 10.1. The first-order valence-corrected chi connectivity index (χ1v) is 7.45. The van der Waals surface area contributed by atoms with Gasteiger partial charge in [-0.2, -0.15) is 0 Å². The Morgan fingerprint density at radius 2 is 1.95 bits per heavy atom. The molecule has 0 amide bonds. The highest BCUT2D eigenvalue weighted by molar-refractivity contribution is 6.69. The van der Waals surface area contributed by atoms with E-state index in [-0.39, 0.29) is 6.61 Å². The highest BCUT2D eigenvalue weighted by atomic mass is 35.5. The highest BCUT2D eigenvalue weighted by Gasteiger charge is 2.14. The van der Waals surface area contributed by atoms with Gasteiger partial charge < -0.3 is 14.8 Å². The van der Waals surface area contributed by atoms with Crippen LogP contribution in [0.5, 0.6) is 0 Å². The number of rotatable bonds is 6. The summed E-state index contributed by atoms with van der Waals surface area (Å²) in [5.41, 5.74) is 0.805. The van der Waals surface area contributed by atoms with Gasteiger partial charge in [0, 0.05) is 12.1 Å². The Morgan fingerprint density at radius 1 is 1.25 bits per heavy atom. The molecule has 1 aliphatic rings. The third-order valence-electron chi connectivity index (χ3n) is 3.34. The van der Waals surface area contributed by atoms with Gasteiger partial charge >= 0.3 is 0 Å². The number of hydrogen-bond acceptors (Lipinski definition) is 4. The molecule has 1 unspecified atom stereocenters. The van der Waals surface area contributed by atoms with Crippen molar-refractivity contribution in [3.05, 3.63) is 35.9 Å². The normalized spacial score (nSPS) is 18.8. The number of β-amino-alcohol motifs (C(OH)–C–C–N with tert-alkyl or cyclic N) is 1. The van der Waals surface area contributed by atoms with E-state index >= 15 is 0 Å². The first-order valence-electron chi connectivity index (χ1n) is 7.07. The van der Waals surface area contributed by atoms with E-state index in [2.05, 4.69) is 10.1 Å². The summed E-state index contributed by atoms with van der Waals surface area (Å²) < 4.78 is 0. The van der Waals surface area contributed by atoms with Crippen molar-refractivity contribution in [1.29, 1.82) is 0 Å². The zero-order chi connectivity index (χ0) is 14.2. The third-order valence-corrected chi connectivity index (χ3v) is 3.63. The van der Waals surface area contributed by atoms with E-state index in [9.17, 15) is 5.11 Å². The molecule has 4 nitrogen and oxygen atoms in total. The lowest BCUT2D eigenvalue weighted by molar-refractivity contribution is 0.0161. The molecule has 1 aromatic carbocycles. The van der Waals surface area contributed by atoms with Crippen molar-refractivity contribution < 1.29 is 9.94 Å². The van der Waals surface area contributed by atoms with E-state index in [1.165, 1.54) is 19.3 Å². The van der Waals surface area contributed by atoms with E-state index in [1.807, 2.05) is 30.3 Å². The third kappa shape index (κ3) is 5.12. The number of halogens is 1. The van der Waals surface area contributed by atoms with Crippen LogP contribution in [0.4, 0.5) is 0 Å². The van der Waals surface area contributed by atoms with Gasteiger partial charge in [0.25, 0.3) is 0 Å². The molecule has 0 aromatic heterocycles. The molecule has 1 aliphatic heterocycles. The van der Waals surface area contributed by atoms with Crippen molar-refractivity contribution >= 4 is 16.8 Å². The quantitative estimate of drug-likeness (QED) is 0.648. The molecule has 1 fully saturated rings. The van der Waals surface area contributed by atoms with Crippen LogP contribution in [0.1, 0.15) is 24.8 Å². The molecular weight excluding hydrogens is 276 g/mol. The molecule has 1 aromatic rings. The first kappa shape index (κ1) is 15.3. The Bertz CT molecular complexity index is 419. The average molecular weight is 297 g/mol. The second kappa shape index (κ2) is 8.25. The van der Waals surface area contributed by atoms with Crippen molar-refractivity contribution in [3.8, 4) is 0 Å². The Kier molecular flexibility index (Phi) is 6.30. The number of aliphatic hydroxyl groups excluding tert-OH is 1. The number of benzene rings is 1. The molecule has 0 spiro atoms. The van der Waals surface area contributed by atoms with Crippen LogP contribution in [0.15, 0.2) is 35.5 Å². The van der Waals surface area contributed by atoms with Crippen LogP contribution in [0, 0.1) is 0 Å². The molecule has 0 radical (unpaired) electrons. The Morgan fingerprint density at radius 3 is 2.65 bits per heavy atom. The number of oxime groups is 1. The fraction of sp³-hybridized carbons (Fsp3) is 0.533. The van der Waals surface area contributed by atoms with Crippen LogP contribution >= 0.6 is 11.6 Å².